The van der Waals surface area contributed by atoms with Crippen molar-refractivity contribution in [2.24, 2.45) is 0 Å². The van der Waals surface area contributed by atoms with Crippen LogP contribution in [-0.2, 0) is 14.3 Å². The van der Waals surface area contributed by atoms with Gasteiger partial charge < -0.3 is 20.3 Å². The van der Waals surface area contributed by atoms with E-state index < -0.39 is 12.1 Å². The first-order valence-corrected chi connectivity index (χ1v) is 36.9. The minimum atomic E-state index is -0.847. The lowest BCUT2D eigenvalue weighted by atomic mass is 10.0. The first-order valence-electron chi connectivity index (χ1n) is 36.9. The number of amides is 1. The molecule has 0 aliphatic rings. The summed E-state index contributed by atoms with van der Waals surface area (Å²) < 4.78 is 5.50. The summed E-state index contributed by atoms with van der Waals surface area (Å²) >= 11 is 0. The predicted octanol–water partition coefficient (Wildman–Crippen LogP) is 24.0. The highest BCUT2D eigenvalue weighted by Gasteiger charge is 2.18. The highest BCUT2D eigenvalue weighted by Crippen LogP contribution is 2.18. The summed E-state index contributed by atoms with van der Waals surface area (Å²) in [5.74, 6) is -0.0579. The van der Waals surface area contributed by atoms with Crippen LogP contribution in [0.5, 0.6) is 0 Å². The molecule has 3 N–H and O–H groups in total. The molecule has 0 saturated heterocycles. The van der Waals surface area contributed by atoms with Crippen LogP contribution in [-0.4, -0.2) is 47.4 Å². The first kappa shape index (κ1) is 79.8. The van der Waals surface area contributed by atoms with E-state index >= 15 is 0 Å². The molecule has 6 nitrogen and oxygen atoms in total. The maximum Gasteiger partial charge on any atom is 0.305 e. The molecule has 0 aliphatic carbocycles. The zero-order chi connectivity index (χ0) is 59.2. The zero-order valence-corrected chi connectivity index (χ0v) is 55.2. The number of aliphatic hydroxyl groups excluding tert-OH is 2. The number of aliphatic hydroxyl groups is 2. The van der Waals surface area contributed by atoms with Gasteiger partial charge in [-0.3, -0.25) is 9.59 Å². The number of nitrogens with one attached hydrogen (secondary N) is 1. The minimum absolute atomic E-state index is 0.00772. The molecule has 1 amide bonds. The number of ether oxygens (including phenoxy) is 1. The second kappa shape index (κ2) is 71.3. The summed E-state index contributed by atoms with van der Waals surface area (Å²) in [6.07, 6.45) is 93.4. The van der Waals surface area contributed by atoms with E-state index in [1.165, 1.54) is 321 Å². The highest BCUT2D eigenvalue weighted by molar-refractivity contribution is 5.76. The normalized spacial score (nSPS) is 12.8. The molecule has 2 unspecified atom stereocenters. The molecule has 0 fully saturated rings. The molecule has 482 valence electrons. The van der Waals surface area contributed by atoms with E-state index in [4.69, 9.17) is 4.74 Å². The summed E-state index contributed by atoms with van der Waals surface area (Å²) in [5, 5.41) is 23.2. The molecule has 0 bridgehead atoms. The number of carbonyl (C=O) groups is 2. The molecule has 0 heterocycles. The van der Waals surface area contributed by atoms with Crippen molar-refractivity contribution in [1.29, 1.82) is 0 Å². The molecule has 82 heavy (non-hydrogen) atoms. The molecule has 2 atom stereocenters. The number of hydrogen-bond acceptors (Lipinski definition) is 5. The van der Waals surface area contributed by atoms with Crippen LogP contribution >= 0.6 is 0 Å². The highest BCUT2D eigenvalue weighted by atomic mass is 16.5. The van der Waals surface area contributed by atoms with E-state index in [2.05, 4.69) is 55.6 Å². The average molecular weight is 1150 g/mol. The third-order valence-corrected chi connectivity index (χ3v) is 17.1. The van der Waals surface area contributed by atoms with Crippen LogP contribution in [0, 0.1) is 0 Å². The summed E-state index contributed by atoms with van der Waals surface area (Å²) in [5.41, 5.74) is 0. The van der Waals surface area contributed by atoms with Crippen LogP contribution in [0.3, 0.4) is 0 Å². The quantitative estimate of drug-likeness (QED) is 0.0320. The van der Waals surface area contributed by atoms with Gasteiger partial charge in [-0.05, 0) is 89.9 Å². The average Bonchev–Trinajstić information content (AvgIpc) is 3.48. The lowest BCUT2D eigenvalue weighted by Crippen LogP contribution is -2.45. The van der Waals surface area contributed by atoms with E-state index in [1.807, 2.05) is 6.08 Å². The zero-order valence-electron chi connectivity index (χ0n) is 55.2. The Kier molecular flexibility index (Phi) is 69.4. The summed E-state index contributed by atoms with van der Waals surface area (Å²) in [6.45, 7) is 4.92. The number of allylic oxidation sites excluding steroid dienone is 7. The Morgan fingerprint density at radius 1 is 0.341 bits per heavy atom. The standard InChI is InChI=1S/C76H143NO5/c1-3-5-7-9-11-13-15-17-19-21-23-33-36-40-44-48-52-56-60-64-68-74(79)73(72-78)77-75(80)69-65-61-57-53-49-45-41-37-34-31-29-27-25-24-26-28-30-32-35-39-43-47-51-55-59-63-67-71-82-76(81)70-66-62-58-54-50-46-42-38-22-20-18-16-14-12-10-8-6-4-2/h14,16,20,22,24-25,64,68,73-74,78-79H,3-13,15,17-19,21,23,26-63,65-67,69-72H2,1-2H3,(H,77,80)/b16-14-,22-20-,25-24-,68-64+. The Hall–Kier alpha value is -2.18. The van der Waals surface area contributed by atoms with Gasteiger partial charge in [-0.2, -0.15) is 0 Å². The van der Waals surface area contributed by atoms with Gasteiger partial charge in [0.2, 0.25) is 5.91 Å². The van der Waals surface area contributed by atoms with Crippen LogP contribution in [0.1, 0.15) is 399 Å². The fourth-order valence-corrected chi connectivity index (χ4v) is 11.4. The van der Waals surface area contributed by atoms with Gasteiger partial charge in [0.15, 0.2) is 0 Å². The Morgan fingerprint density at radius 2 is 0.610 bits per heavy atom. The maximum atomic E-state index is 12.5. The number of esters is 1. The molecule has 0 aromatic heterocycles. The van der Waals surface area contributed by atoms with Crippen LogP contribution in [0.25, 0.3) is 0 Å². The van der Waals surface area contributed by atoms with E-state index in [0.717, 1.165) is 51.4 Å². The molecule has 0 spiro atoms. The summed E-state index contributed by atoms with van der Waals surface area (Å²) in [7, 11) is 0. The van der Waals surface area contributed by atoms with Gasteiger partial charge in [0.05, 0.1) is 25.4 Å². The van der Waals surface area contributed by atoms with E-state index in [-0.39, 0.29) is 18.5 Å². The van der Waals surface area contributed by atoms with Gasteiger partial charge in [0.25, 0.3) is 0 Å². The van der Waals surface area contributed by atoms with Crippen molar-refractivity contribution in [3.05, 3.63) is 48.6 Å². The Balaban J connectivity index is 3.41. The minimum Gasteiger partial charge on any atom is -0.466 e. The number of hydrogen-bond donors (Lipinski definition) is 3. The fraction of sp³-hybridized carbons (Fsp3) is 0.868. The van der Waals surface area contributed by atoms with Gasteiger partial charge in [0, 0.05) is 12.8 Å². The van der Waals surface area contributed by atoms with E-state index in [0.29, 0.717) is 19.4 Å². The van der Waals surface area contributed by atoms with Gasteiger partial charge in [-0.25, -0.2) is 0 Å². The lowest BCUT2D eigenvalue weighted by Gasteiger charge is -2.20. The molecule has 0 aromatic rings. The molecule has 6 heteroatoms. The first-order chi connectivity index (χ1) is 40.5. The van der Waals surface area contributed by atoms with Gasteiger partial charge in [-0.1, -0.05) is 345 Å². The maximum absolute atomic E-state index is 12.5. The van der Waals surface area contributed by atoms with Gasteiger partial charge in [0.1, 0.15) is 0 Å². The summed E-state index contributed by atoms with van der Waals surface area (Å²) in [4.78, 5) is 24.6. The van der Waals surface area contributed by atoms with E-state index in [9.17, 15) is 19.8 Å². The lowest BCUT2D eigenvalue weighted by molar-refractivity contribution is -0.143. The van der Waals surface area contributed by atoms with Crippen molar-refractivity contribution in [3.63, 3.8) is 0 Å². The smallest absolute Gasteiger partial charge is 0.305 e. The SMILES string of the molecule is CCCCCC/C=C\C/C=C\CCCCCCCCCC(=O)OCCCCCCCCCCCCCC/C=C\CCCCCCCCCCCCCC(=O)NC(CO)C(O)/C=C/CCCCCCCCCCCCCCCCCCCC. The summed E-state index contributed by atoms with van der Waals surface area (Å²) in [6, 6.07) is -0.630. The largest absolute Gasteiger partial charge is 0.466 e. The molecule has 0 saturated carbocycles. The molecular weight excluding hydrogens is 1010 g/mol. The van der Waals surface area contributed by atoms with E-state index in [1.54, 1.807) is 6.08 Å². The van der Waals surface area contributed by atoms with Crippen molar-refractivity contribution in [3.8, 4) is 0 Å². The predicted molar refractivity (Wildman–Crippen MR) is 361 cm³/mol. The third kappa shape index (κ3) is 67.0. The van der Waals surface area contributed by atoms with Crippen molar-refractivity contribution in [2.75, 3.05) is 13.2 Å². The topological polar surface area (TPSA) is 95.9 Å². The second-order valence-electron chi connectivity index (χ2n) is 25.3. The Labute approximate surface area is 512 Å². The monoisotopic (exact) mass is 1150 g/mol. The number of unbranched alkanes of at least 4 members (excludes halogenated alkanes) is 52. The van der Waals surface area contributed by atoms with Crippen molar-refractivity contribution in [1.82, 2.24) is 5.32 Å². The molecular formula is C76H143NO5. The fourth-order valence-electron chi connectivity index (χ4n) is 11.4. The Morgan fingerprint density at radius 3 is 0.951 bits per heavy atom. The molecule has 0 aliphatic heterocycles. The van der Waals surface area contributed by atoms with Gasteiger partial charge >= 0.3 is 5.97 Å². The van der Waals surface area contributed by atoms with Crippen molar-refractivity contribution >= 4 is 11.9 Å². The van der Waals surface area contributed by atoms with Crippen LogP contribution in [0.4, 0.5) is 0 Å². The molecule has 0 radical (unpaired) electrons. The van der Waals surface area contributed by atoms with Crippen LogP contribution in [0.15, 0.2) is 48.6 Å². The third-order valence-electron chi connectivity index (χ3n) is 17.1. The number of carbonyl (C=O) groups excluding carboxylic acids is 2. The van der Waals surface area contributed by atoms with Crippen LogP contribution in [0.2, 0.25) is 0 Å². The molecule has 0 rings (SSSR count). The number of rotatable bonds is 69. The van der Waals surface area contributed by atoms with Crippen LogP contribution < -0.4 is 5.32 Å². The Bertz CT molecular complexity index is 1370. The van der Waals surface area contributed by atoms with Crippen molar-refractivity contribution < 1.29 is 24.5 Å². The second-order valence-corrected chi connectivity index (χ2v) is 25.3. The van der Waals surface area contributed by atoms with Gasteiger partial charge in [-0.15, -0.1) is 0 Å². The van der Waals surface area contributed by atoms with Crippen molar-refractivity contribution in [2.45, 2.75) is 411 Å². The molecule has 0 aromatic carbocycles.